The third kappa shape index (κ3) is 3.73. The van der Waals surface area contributed by atoms with E-state index >= 15 is 0 Å². The lowest BCUT2D eigenvalue weighted by atomic mass is 10.0. The molecule has 4 heterocycles. The Balaban J connectivity index is 1.56. The average molecular weight is 450 g/mol. The van der Waals surface area contributed by atoms with Gasteiger partial charge in [0.2, 0.25) is 0 Å². The molecule has 31 heavy (non-hydrogen) atoms. The van der Waals surface area contributed by atoms with Gasteiger partial charge in [-0.1, -0.05) is 29.8 Å². The van der Waals surface area contributed by atoms with E-state index in [0.29, 0.717) is 16.7 Å². The Morgan fingerprint density at radius 1 is 1.10 bits per heavy atom. The normalized spacial score (nSPS) is 18.4. The molecule has 0 radical (unpaired) electrons. The fourth-order valence-electron chi connectivity index (χ4n) is 3.99. The third-order valence-corrected chi connectivity index (χ3v) is 6.32. The highest BCUT2D eigenvalue weighted by Gasteiger charge is 2.42. The summed E-state index contributed by atoms with van der Waals surface area (Å²) in [7, 11) is 0. The molecule has 0 saturated carbocycles. The van der Waals surface area contributed by atoms with Crippen molar-refractivity contribution in [2.45, 2.75) is 25.6 Å². The first-order valence-corrected chi connectivity index (χ1v) is 10.8. The standard InChI is InChI=1S/C24H20ClN3O2S/c1-15-17(7-4-8-18(15)25)20-10-11-21(30-20)23-22(19-9-2-3-12-26-19)27-24(31)28(23)14-16-6-5-13-29-16/h2-13,22-23H,14H2,1H3,(H,27,31)/t22-,23-/m1/s1. The van der Waals surface area contributed by atoms with Crippen LogP contribution in [0, 0.1) is 6.92 Å². The van der Waals surface area contributed by atoms with Crippen molar-refractivity contribution < 1.29 is 8.83 Å². The monoisotopic (exact) mass is 449 g/mol. The van der Waals surface area contributed by atoms with Crippen LogP contribution in [-0.2, 0) is 6.54 Å². The van der Waals surface area contributed by atoms with Crippen molar-refractivity contribution in [2.24, 2.45) is 0 Å². The molecule has 1 saturated heterocycles. The topological polar surface area (TPSA) is 54.4 Å². The molecule has 1 aromatic carbocycles. The number of pyridine rings is 1. The maximum atomic E-state index is 6.38. The van der Waals surface area contributed by atoms with Gasteiger partial charge < -0.3 is 19.1 Å². The second-order valence-electron chi connectivity index (χ2n) is 7.45. The maximum Gasteiger partial charge on any atom is 0.170 e. The van der Waals surface area contributed by atoms with Crippen LogP contribution < -0.4 is 5.32 Å². The molecule has 0 amide bonds. The zero-order valence-electron chi connectivity index (χ0n) is 16.8. The predicted octanol–water partition coefficient (Wildman–Crippen LogP) is 6.07. The van der Waals surface area contributed by atoms with Crippen LogP contribution in [0.1, 0.15) is 34.9 Å². The summed E-state index contributed by atoms with van der Waals surface area (Å²) in [5.74, 6) is 2.39. The van der Waals surface area contributed by atoms with E-state index in [1.165, 1.54) is 0 Å². The Morgan fingerprint density at radius 3 is 2.77 bits per heavy atom. The lowest BCUT2D eigenvalue weighted by Crippen LogP contribution is -2.28. The molecule has 156 valence electrons. The average Bonchev–Trinajstić information content (AvgIpc) is 3.52. The summed E-state index contributed by atoms with van der Waals surface area (Å²) < 4.78 is 12.0. The third-order valence-electron chi connectivity index (χ3n) is 5.56. The van der Waals surface area contributed by atoms with Crippen LogP contribution in [0.25, 0.3) is 11.3 Å². The van der Waals surface area contributed by atoms with Crippen LogP contribution >= 0.6 is 23.8 Å². The van der Waals surface area contributed by atoms with Crippen molar-refractivity contribution in [1.82, 2.24) is 15.2 Å². The number of hydrogen-bond acceptors (Lipinski definition) is 4. The molecule has 0 aliphatic carbocycles. The van der Waals surface area contributed by atoms with Gasteiger partial charge in [0.05, 0.1) is 24.5 Å². The molecule has 5 rings (SSSR count). The highest BCUT2D eigenvalue weighted by atomic mass is 35.5. The minimum atomic E-state index is -0.180. The number of rotatable bonds is 5. The van der Waals surface area contributed by atoms with E-state index in [1.54, 1.807) is 12.5 Å². The Morgan fingerprint density at radius 2 is 2.00 bits per heavy atom. The second-order valence-corrected chi connectivity index (χ2v) is 8.24. The number of halogens is 1. The Hall–Kier alpha value is -3.09. The van der Waals surface area contributed by atoms with E-state index < -0.39 is 0 Å². The van der Waals surface area contributed by atoms with Gasteiger partial charge in [-0.25, -0.2) is 0 Å². The SMILES string of the molecule is Cc1c(Cl)cccc1-c1ccc([C@@H]2[C@@H](c3ccccn3)NC(=S)N2Cc2ccco2)o1. The van der Waals surface area contributed by atoms with Gasteiger partial charge in [0.15, 0.2) is 5.11 Å². The van der Waals surface area contributed by atoms with Gasteiger partial charge in [-0.2, -0.15) is 0 Å². The summed E-state index contributed by atoms with van der Waals surface area (Å²) >= 11 is 12.0. The number of hydrogen-bond donors (Lipinski definition) is 1. The van der Waals surface area contributed by atoms with E-state index in [2.05, 4.69) is 15.2 Å². The zero-order chi connectivity index (χ0) is 21.4. The van der Waals surface area contributed by atoms with Gasteiger partial charge in [-0.05, 0) is 67.2 Å². The summed E-state index contributed by atoms with van der Waals surface area (Å²) in [5.41, 5.74) is 2.85. The van der Waals surface area contributed by atoms with Gasteiger partial charge in [-0.3, -0.25) is 4.98 Å². The first kappa shape index (κ1) is 19.8. The second kappa shape index (κ2) is 8.21. The fraction of sp³-hybridized carbons (Fsp3) is 0.167. The number of benzene rings is 1. The van der Waals surface area contributed by atoms with Crippen molar-refractivity contribution >= 4 is 28.9 Å². The van der Waals surface area contributed by atoms with Crippen molar-refractivity contribution in [2.75, 3.05) is 0 Å². The molecule has 0 bridgehead atoms. The molecule has 5 nitrogen and oxygen atoms in total. The number of thiocarbonyl (C=S) groups is 1. The molecule has 1 aliphatic rings. The summed E-state index contributed by atoms with van der Waals surface area (Å²) in [6, 6.07) is 19.2. The van der Waals surface area contributed by atoms with Gasteiger partial charge in [0.25, 0.3) is 0 Å². The van der Waals surface area contributed by atoms with Crippen molar-refractivity contribution in [3.8, 4) is 11.3 Å². The number of aromatic nitrogens is 1. The summed E-state index contributed by atoms with van der Waals surface area (Å²) in [5, 5.41) is 4.77. The number of nitrogens with zero attached hydrogens (tertiary/aromatic N) is 2. The quantitative estimate of drug-likeness (QED) is 0.373. The number of furan rings is 2. The molecule has 0 unspecified atom stereocenters. The molecule has 3 aromatic heterocycles. The highest BCUT2D eigenvalue weighted by Crippen LogP contribution is 2.41. The zero-order valence-corrected chi connectivity index (χ0v) is 18.4. The molecule has 1 aliphatic heterocycles. The Labute approximate surface area is 190 Å². The molecule has 4 aromatic rings. The van der Waals surface area contributed by atoms with Crippen molar-refractivity contribution in [1.29, 1.82) is 0 Å². The van der Waals surface area contributed by atoms with E-state index in [1.807, 2.05) is 67.6 Å². The van der Waals surface area contributed by atoms with Gasteiger partial charge in [0.1, 0.15) is 23.3 Å². The van der Waals surface area contributed by atoms with Gasteiger partial charge in [-0.15, -0.1) is 0 Å². The van der Waals surface area contributed by atoms with Crippen LogP contribution in [0.2, 0.25) is 5.02 Å². The van der Waals surface area contributed by atoms with Crippen molar-refractivity contribution in [3.63, 3.8) is 0 Å². The maximum absolute atomic E-state index is 6.38. The molecule has 7 heteroatoms. The predicted molar refractivity (Wildman–Crippen MR) is 124 cm³/mol. The molecule has 2 atom stereocenters. The largest absolute Gasteiger partial charge is 0.467 e. The first-order chi connectivity index (χ1) is 15.1. The summed E-state index contributed by atoms with van der Waals surface area (Å²) in [6.07, 6.45) is 3.45. The molecule has 1 N–H and O–H groups in total. The summed E-state index contributed by atoms with van der Waals surface area (Å²) in [4.78, 5) is 6.65. The van der Waals surface area contributed by atoms with E-state index in [9.17, 15) is 0 Å². The highest BCUT2D eigenvalue weighted by molar-refractivity contribution is 7.80. The molecular weight excluding hydrogens is 430 g/mol. The smallest absolute Gasteiger partial charge is 0.170 e. The van der Waals surface area contributed by atoms with Crippen LogP contribution in [0.15, 0.2) is 82.0 Å². The molecular formula is C24H20ClN3O2S. The molecule has 0 spiro atoms. The van der Waals surface area contributed by atoms with Crippen LogP contribution in [-0.4, -0.2) is 15.0 Å². The van der Waals surface area contributed by atoms with Crippen LogP contribution in [0.3, 0.4) is 0 Å². The van der Waals surface area contributed by atoms with E-state index in [-0.39, 0.29) is 12.1 Å². The lowest BCUT2D eigenvalue weighted by Gasteiger charge is -2.25. The minimum absolute atomic E-state index is 0.150. The minimum Gasteiger partial charge on any atom is -0.467 e. The van der Waals surface area contributed by atoms with E-state index in [4.69, 9.17) is 32.7 Å². The lowest BCUT2D eigenvalue weighted by molar-refractivity contribution is 0.253. The van der Waals surface area contributed by atoms with Crippen molar-refractivity contribution in [3.05, 3.63) is 101 Å². The van der Waals surface area contributed by atoms with Crippen LogP contribution in [0.5, 0.6) is 0 Å². The van der Waals surface area contributed by atoms with Gasteiger partial charge >= 0.3 is 0 Å². The van der Waals surface area contributed by atoms with E-state index in [0.717, 1.165) is 34.1 Å². The number of nitrogens with one attached hydrogen (secondary N) is 1. The molecule has 1 fully saturated rings. The van der Waals surface area contributed by atoms with Crippen LogP contribution in [0.4, 0.5) is 0 Å². The Kier molecular flexibility index (Phi) is 5.26. The fourth-order valence-corrected chi connectivity index (χ4v) is 4.47. The summed E-state index contributed by atoms with van der Waals surface area (Å²) in [6.45, 7) is 2.52. The Bertz CT molecular complexity index is 1210. The van der Waals surface area contributed by atoms with Gasteiger partial charge in [0, 0.05) is 16.8 Å². The first-order valence-electron chi connectivity index (χ1n) is 9.97.